The van der Waals surface area contributed by atoms with Crippen LogP contribution in [0.15, 0.2) is 27.2 Å². The molecule has 0 fully saturated rings. The highest BCUT2D eigenvalue weighted by atomic mass is 16.4. The van der Waals surface area contributed by atoms with Gasteiger partial charge in [0.2, 0.25) is 5.89 Å². The lowest BCUT2D eigenvalue weighted by atomic mass is 10.2. The monoisotopic (exact) mass is 207 g/mol. The molecule has 0 spiro atoms. The van der Waals surface area contributed by atoms with Crippen molar-refractivity contribution in [1.29, 1.82) is 0 Å². The molecule has 2 rings (SSSR count). The summed E-state index contributed by atoms with van der Waals surface area (Å²) in [6.07, 6.45) is 2.48. The summed E-state index contributed by atoms with van der Waals surface area (Å²) in [6, 6.07) is 3.67. The van der Waals surface area contributed by atoms with E-state index < -0.39 is 0 Å². The summed E-state index contributed by atoms with van der Waals surface area (Å²) in [5, 5.41) is 11.0. The van der Waals surface area contributed by atoms with Gasteiger partial charge in [-0.2, -0.15) is 0 Å². The number of hydrogen-bond acceptors (Lipinski definition) is 5. The predicted octanol–water partition coefficient (Wildman–Crippen LogP) is 2.00. The van der Waals surface area contributed by atoms with Crippen LogP contribution in [-0.2, 0) is 0 Å². The Kier molecular flexibility index (Phi) is 2.82. The van der Waals surface area contributed by atoms with Crippen molar-refractivity contribution in [3.05, 3.63) is 24.3 Å². The fourth-order valence-electron chi connectivity index (χ4n) is 1.38. The third-order valence-corrected chi connectivity index (χ3v) is 2.23. The van der Waals surface area contributed by atoms with Crippen LogP contribution in [0.5, 0.6) is 0 Å². The summed E-state index contributed by atoms with van der Waals surface area (Å²) in [5.74, 6) is 1.61. The quantitative estimate of drug-likeness (QED) is 0.830. The van der Waals surface area contributed by atoms with Crippen LogP contribution >= 0.6 is 0 Å². The molecule has 0 saturated heterocycles. The van der Waals surface area contributed by atoms with Crippen molar-refractivity contribution in [2.24, 2.45) is 0 Å². The van der Waals surface area contributed by atoms with Crippen molar-refractivity contribution in [3.8, 4) is 11.7 Å². The Morgan fingerprint density at radius 1 is 1.47 bits per heavy atom. The van der Waals surface area contributed by atoms with Gasteiger partial charge in [-0.05, 0) is 25.6 Å². The number of nitrogens with zero attached hydrogens (tertiary/aromatic N) is 2. The Hall–Kier alpha value is -1.62. The Morgan fingerprint density at radius 2 is 2.33 bits per heavy atom. The minimum atomic E-state index is 0.0983. The molecule has 5 nitrogen and oxygen atoms in total. The van der Waals surface area contributed by atoms with Gasteiger partial charge in [-0.25, -0.2) is 0 Å². The Bertz CT molecular complexity index is 404. The van der Waals surface area contributed by atoms with E-state index in [1.54, 1.807) is 18.4 Å². The van der Waals surface area contributed by atoms with Crippen molar-refractivity contribution in [1.82, 2.24) is 15.5 Å². The van der Waals surface area contributed by atoms with Gasteiger partial charge in [-0.15, -0.1) is 10.2 Å². The van der Waals surface area contributed by atoms with E-state index >= 15 is 0 Å². The standard InChI is InChI=1S/C10H13N3O2/c1-3-7(11-2)9-12-13-10(15-9)8-5-4-6-14-8/h4-7,11H,3H2,1-2H3. The van der Waals surface area contributed by atoms with Crippen LogP contribution in [0.4, 0.5) is 0 Å². The highest BCUT2D eigenvalue weighted by Gasteiger charge is 2.16. The van der Waals surface area contributed by atoms with Crippen LogP contribution in [0.1, 0.15) is 25.3 Å². The van der Waals surface area contributed by atoms with E-state index in [0.29, 0.717) is 17.5 Å². The molecule has 1 unspecified atom stereocenters. The number of nitrogens with one attached hydrogen (secondary N) is 1. The maximum atomic E-state index is 5.49. The van der Waals surface area contributed by atoms with Gasteiger partial charge < -0.3 is 14.2 Å². The van der Waals surface area contributed by atoms with Gasteiger partial charge in [-0.1, -0.05) is 6.92 Å². The molecular formula is C10H13N3O2. The third kappa shape index (κ3) is 1.92. The van der Waals surface area contributed by atoms with Crippen LogP contribution in [0.3, 0.4) is 0 Å². The highest BCUT2D eigenvalue weighted by molar-refractivity contribution is 5.42. The first kappa shape index (κ1) is 9.92. The molecule has 0 radical (unpaired) electrons. The minimum absolute atomic E-state index is 0.0983. The lowest BCUT2D eigenvalue weighted by Gasteiger charge is -2.06. The Balaban J connectivity index is 2.24. The number of aromatic nitrogens is 2. The van der Waals surface area contributed by atoms with E-state index in [1.165, 1.54) is 0 Å². The van der Waals surface area contributed by atoms with E-state index in [1.807, 2.05) is 7.05 Å². The molecule has 1 N–H and O–H groups in total. The van der Waals surface area contributed by atoms with Gasteiger partial charge in [0.05, 0.1) is 12.3 Å². The maximum absolute atomic E-state index is 5.49. The van der Waals surface area contributed by atoms with Crippen molar-refractivity contribution in [3.63, 3.8) is 0 Å². The van der Waals surface area contributed by atoms with Crippen LogP contribution in [0.25, 0.3) is 11.7 Å². The molecular weight excluding hydrogens is 194 g/mol. The summed E-state index contributed by atoms with van der Waals surface area (Å²) in [7, 11) is 1.87. The second kappa shape index (κ2) is 4.27. The lowest BCUT2D eigenvalue weighted by Crippen LogP contribution is -2.15. The molecule has 2 heterocycles. The van der Waals surface area contributed by atoms with Crippen molar-refractivity contribution in [2.75, 3.05) is 7.05 Å². The summed E-state index contributed by atoms with van der Waals surface area (Å²) < 4.78 is 10.7. The second-order valence-corrected chi connectivity index (χ2v) is 3.17. The van der Waals surface area contributed by atoms with E-state index in [2.05, 4.69) is 22.4 Å². The first-order valence-electron chi connectivity index (χ1n) is 4.89. The summed E-state index contributed by atoms with van der Waals surface area (Å²) >= 11 is 0. The van der Waals surface area contributed by atoms with Crippen LogP contribution < -0.4 is 5.32 Å². The molecule has 15 heavy (non-hydrogen) atoms. The van der Waals surface area contributed by atoms with Gasteiger partial charge in [0.1, 0.15) is 0 Å². The zero-order valence-corrected chi connectivity index (χ0v) is 8.73. The highest BCUT2D eigenvalue weighted by Crippen LogP contribution is 2.21. The fourth-order valence-corrected chi connectivity index (χ4v) is 1.38. The zero-order chi connectivity index (χ0) is 10.7. The van der Waals surface area contributed by atoms with Crippen LogP contribution in [-0.4, -0.2) is 17.2 Å². The molecule has 0 aromatic carbocycles. The Labute approximate surface area is 87.5 Å². The molecule has 0 aliphatic carbocycles. The molecule has 80 valence electrons. The van der Waals surface area contributed by atoms with Crippen molar-refractivity contribution in [2.45, 2.75) is 19.4 Å². The molecule has 0 bridgehead atoms. The average Bonchev–Trinajstić information content (AvgIpc) is 2.89. The molecule has 2 aromatic rings. The molecule has 5 heteroatoms. The molecule has 0 aliphatic heterocycles. The van der Waals surface area contributed by atoms with E-state index in [4.69, 9.17) is 8.83 Å². The molecule has 2 aromatic heterocycles. The maximum Gasteiger partial charge on any atom is 0.283 e. The van der Waals surface area contributed by atoms with Gasteiger partial charge >= 0.3 is 0 Å². The first-order chi connectivity index (χ1) is 7.35. The SMILES string of the molecule is CCC(NC)c1nnc(-c2ccco2)o1. The molecule has 0 amide bonds. The van der Waals surface area contributed by atoms with E-state index in [9.17, 15) is 0 Å². The number of hydrogen-bond donors (Lipinski definition) is 1. The van der Waals surface area contributed by atoms with E-state index in [-0.39, 0.29) is 6.04 Å². The number of furan rings is 1. The smallest absolute Gasteiger partial charge is 0.283 e. The average molecular weight is 207 g/mol. The summed E-state index contributed by atoms with van der Waals surface area (Å²) in [5.41, 5.74) is 0. The van der Waals surface area contributed by atoms with Gasteiger partial charge in [0, 0.05) is 0 Å². The zero-order valence-electron chi connectivity index (χ0n) is 8.73. The largest absolute Gasteiger partial charge is 0.459 e. The summed E-state index contributed by atoms with van der Waals surface area (Å²) in [4.78, 5) is 0. The fraction of sp³-hybridized carbons (Fsp3) is 0.400. The topological polar surface area (TPSA) is 64.1 Å². The molecule has 1 atom stereocenters. The third-order valence-electron chi connectivity index (χ3n) is 2.23. The van der Waals surface area contributed by atoms with Crippen LogP contribution in [0, 0.1) is 0 Å². The van der Waals surface area contributed by atoms with Crippen LogP contribution in [0.2, 0.25) is 0 Å². The van der Waals surface area contributed by atoms with Gasteiger partial charge in [0.25, 0.3) is 5.89 Å². The number of rotatable bonds is 4. The Morgan fingerprint density at radius 3 is 2.93 bits per heavy atom. The lowest BCUT2D eigenvalue weighted by molar-refractivity contribution is 0.408. The molecule has 0 aliphatic rings. The van der Waals surface area contributed by atoms with Gasteiger partial charge in [-0.3, -0.25) is 0 Å². The van der Waals surface area contributed by atoms with Crippen molar-refractivity contribution >= 4 is 0 Å². The normalized spacial score (nSPS) is 12.9. The minimum Gasteiger partial charge on any atom is -0.459 e. The summed E-state index contributed by atoms with van der Waals surface area (Å²) in [6.45, 7) is 2.05. The predicted molar refractivity (Wildman–Crippen MR) is 54.1 cm³/mol. The van der Waals surface area contributed by atoms with E-state index in [0.717, 1.165) is 6.42 Å². The van der Waals surface area contributed by atoms with Crippen molar-refractivity contribution < 1.29 is 8.83 Å². The molecule has 0 saturated carbocycles. The van der Waals surface area contributed by atoms with Gasteiger partial charge in [0.15, 0.2) is 5.76 Å². The second-order valence-electron chi connectivity index (χ2n) is 3.17. The first-order valence-corrected chi connectivity index (χ1v) is 4.89.